The molecule has 3 heteroatoms. The van der Waals surface area contributed by atoms with E-state index < -0.39 is 5.97 Å². The molecule has 0 spiro atoms. The van der Waals surface area contributed by atoms with Crippen molar-refractivity contribution in [2.75, 3.05) is 0 Å². The van der Waals surface area contributed by atoms with E-state index in [2.05, 4.69) is 56.3 Å². The summed E-state index contributed by atoms with van der Waals surface area (Å²) in [5.41, 5.74) is 7.08. The molecule has 0 saturated heterocycles. The zero-order valence-electron chi connectivity index (χ0n) is 15.7. The van der Waals surface area contributed by atoms with E-state index in [1.807, 2.05) is 24.3 Å². The molecule has 0 aliphatic heterocycles. The number of carboxylic acid groups (broad SMARTS) is 1. The number of rotatable bonds is 7. The largest absolute Gasteiger partial charge is 0.489 e. The van der Waals surface area contributed by atoms with Crippen LogP contribution in [0.1, 0.15) is 28.7 Å². The van der Waals surface area contributed by atoms with Gasteiger partial charge in [-0.25, -0.2) is 0 Å². The summed E-state index contributed by atoms with van der Waals surface area (Å²) in [6.07, 6.45) is 0.680. The first-order valence-corrected chi connectivity index (χ1v) is 9.11. The quantitative estimate of drug-likeness (QED) is 0.599. The Kier molecular flexibility index (Phi) is 5.92. The molecular formula is C24H24O3. The van der Waals surface area contributed by atoms with Crippen LogP contribution in [0.2, 0.25) is 0 Å². The first-order chi connectivity index (χ1) is 13.0. The normalized spacial score (nSPS) is 10.6. The Morgan fingerprint density at radius 3 is 2.41 bits per heavy atom. The molecule has 0 aromatic heterocycles. The van der Waals surface area contributed by atoms with Crippen molar-refractivity contribution < 1.29 is 14.6 Å². The SMILES string of the molecule is Cc1ccc(-c2cccc(COc3ccc(CCC(=O)O)cc3)c2)c(C)c1. The van der Waals surface area contributed by atoms with Gasteiger partial charge in [-0.15, -0.1) is 0 Å². The third-order valence-electron chi connectivity index (χ3n) is 4.58. The van der Waals surface area contributed by atoms with Crippen molar-refractivity contribution in [2.45, 2.75) is 33.3 Å². The van der Waals surface area contributed by atoms with E-state index in [0.717, 1.165) is 16.9 Å². The minimum Gasteiger partial charge on any atom is -0.489 e. The van der Waals surface area contributed by atoms with Gasteiger partial charge in [-0.3, -0.25) is 4.79 Å². The third kappa shape index (κ3) is 5.20. The minimum atomic E-state index is -0.779. The van der Waals surface area contributed by atoms with Crippen LogP contribution < -0.4 is 4.74 Å². The van der Waals surface area contributed by atoms with Gasteiger partial charge in [0.25, 0.3) is 0 Å². The summed E-state index contributed by atoms with van der Waals surface area (Å²) in [5, 5.41) is 8.75. The van der Waals surface area contributed by atoms with Crippen molar-refractivity contribution in [3.63, 3.8) is 0 Å². The maximum atomic E-state index is 10.6. The monoisotopic (exact) mass is 360 g/mol. The Bertz CT molecular complexity index is 927. The van der Waals surface area contributed by atoms with E-state index >= 15 is 0 Å². The number of carboxylic acids is 1. The second kappa shape index (κ2) is 8.54. The van der Waals surface area contributed by atoms with Crippen LogP contribution >= 0.6 is 0 Å². The van der Waals surface area contributed by atoms with Gasteiger partial charge in [0.2, 0.25) is 0 Å². The Morgan fingerprint density at radius 2 is 1.70 bits per heavy atom. The minimum absolute atomic E-state index is 0.144. The number of benzene rings is 3. The molecule has 0 aliphatic carbocycles. The lowest BCUT2D eigenvalue weighted by molar-refractivity contribution is -0.136. The van der Waals surface area contributed by atoms with Gasteiger partial charge in [-0.2, -0.15) is 0 Å². The van der Waals surface area contributed by atoms with Crippen LogP contribution in [-0.4, -0.2) is 11.1 Å². The van der Waals surface area contributed by atoms with Gasteiger partial charge in [-0.1, -0.05) is 54.1 Å². The van der Waals surface area contributed by atoms with Gasteiger partial charge in [0.1, 0.15) is 12.4 Å². The molecule has 27 heavy (non-hydrogen) atoms. The summed E-state index contributed by atoms with van der Waals surface area (Å²) in [6, 6.07) is 22.5. The fourth-order valence-corrected chi connectivity index (χ4v) is 3.14. The summed E-state index contributed by atoms with van der Waals surface area (Å²) >= 11 is 0. The number of hydrogen-bond acceptors (Lipinski definition) is 2. The lowest BCUT2D eigenvalue weighted by Gasteiger charge is -2.11. The van der Waals surface area contributed by atoms with E-state index in [-0.39, 0.29) is 6.42 Å². The van der Waals surface area contributed by atoms with Crippen LogP contribution in [0.25, 0.3) is 11.1 Å². The number of aliphatic carboxylic acids is 1. The second-order valence-corrected chi connectivity index (χ2v) is 6.85. The van der Waals surface area contributed by atoms with E-state index in [1.165, 1.54) is 22.3 Å². The molecule has 3 nitrogen and oxygen atoms in total. The van der Waals surface area contributed by atoms with Crippen molar-refractivity contribution in [3.8, 4) is 16.9 Å². The van der Waals surface area contributed by atoms with Crippen molar-refractivity contribution in [2.24, 2.45) is 0 Å². The number of aryl methyl sites for hydroxylation is 3. The zero-order chi connectivity index (χ0) is 19.2. The Balaban J connectivity index is 1.65. The molecule has 0 amide bonds. The number of ether oxygens (including phenoxy) is 1. The van der Waals surface area contributed by atoms with Gasteiger partial charge >= 0.3 is 5.97 Å². The molecule has 0 radical (unpaired) electrons. The van der Waals surface area contributed by atoms with Crippen molar-refractivity contribution in [1.82, 2.24) is 0 Å². The van der Waals surface area contributed by atoms with Crippen molar-refractivity contribution in [1.29, 1.82) is 0 Å². The molecule has 3 rings (SSSR count). The molecular weight excluding hydrogens is 336 g/mol. The van der Waals surface area contributed by atoms with Gasteiger partial charge in [0, 0.05) is 6.42 Å². The first kappa shape index (κ1) is 18.7. The zero-order valence-corrected chi connectivity index (χ0v) is 15.7. The van der Waals surface area contributed by atoms with Crippen LogP contribution in [0, 0.1) is 13.8 Å². The Hall–Kier alpha value is -3.07. The molecule has 0 saturated carbocycles. The molecule has 0 aliphatic rings. The lowest BCUT2D eigenvalue weighted by atomic mass is 9.97. The van der Waals surface area contributed by atoms with Crippen molar-refractivity contribution in [3.05, 3.63) is 89.0 Å². The highest BCUT2D eigenvalue weighted by Gasteiger charge is 2.04. The average molecular weight is 360 g/mol. The van der Waals surface area contributed by atoms with Gasteiger partial charge in [0.05, 0.1) is 0 Å². The van der Waals surface area contributed by atoms with E-state index in [4.69, 9.17) is 9.84 Å². The fourth-order valence-electron chi connectivity index (χ4n) is 3.14. The Labute approximate surface area is 160 Å². The maximum absolute atomic E-state index is 10.6. The summed E-state index contributed by atoms with van der Waals surface area (Å²) in [7, 11) is 0. The summed E-state index contributed by atoms with van der Waals surface area (Å²) in [6.45, 7) is 4.73. The Morgan fingerprint density at radius 1 is 0.926 bits per heavy atom. The predicted octanol–water partition coefficient (Wildman–Crippen LogP) is 5.57. The molecule has 0 fully saturated rings. The molecule has 0 unspecified atom stereocenters. The standard InChI is InChI=1S/C24H24O3/c1-17-6-12-23(18(2)14-17)21-5-3-4-20(15-21)16-27-22-10-7-19(8-11-22)9-13-24(25)26/h3-8,10-12,14-15H,9,13,16H2,1-2H3,(H,25,26). The van der Waals surface area contributed by atoms with Crippen LogP contribution in [-0.2, 0) is 17.8 Å². The van der Waals surface area contributed by atoms with Gasteiger partial charge in [-0.05, 0) is 66.3 Å². The molecule has 138 valence electrons. The highest BCUT2D eigenvalue weighted by molar-refractivity contribution is 5.68. The highest BCUT2D eigenvalue weighted by Crippen LogP contribution is 2.25. The van der Waals surface area contributed by atoms with Gasteiger partial charge in [0.15, 0.2) is 0 Å². The topological polar surface area (TPSA) is 46.5 Å². The van der Waals surface area contributed by atoms with Crippen LogP contribution in [0.3, 0.4) is 0 Å². The molecule has 0 bridgehead atoms. The second-order valence-electron chi connectivity index (χ2n) is 6.85. The van der Waals surface area contributed by atoms with Crippen LogP contribution in [0.4, 0.5) is 0 Å². The smallest absolute Gasteiger partial charge is 0.303 e. The summed E-state index contributed by atoms with van der Waals surface area (Å²) < 4.78 is 5.90. The van der Waals surface area contributed by atoms with E-state index in [9.17, 15) is 4.79 Å². The molecule has 3 aromatic rings. The maximum Gasteiger partial charge on any atom is 0.303 e. The molecule has 3 aromatic carbocycles. The summed E-state index contributed by atoms with van der Waals surface area (Å²) in [4.78, 5) is 10.6. The fraction of sp³-hybridized carbons (Fsp3) is 0.208. The van der Waals surface area contributed by atoms with Crippen LogP contribution in [0.15, 0.2) is 66.7 Å². The molecule has 1 N–H and O–H groups in total. The van der Waals surface area contributed by atoms with Crippen molar-refractivity contribution >= 4 is 5.97 Å². The lowest BCUT2D eigenvalue weighted by Crippen LogP contribution is -1.98. The predicted molar refractivity (Wildman–Crippen MR) is 108 cm³/mol. The van der Waals surface area contributed by atoms with E-state index in [1.54, 1.807) is 0 Å². The van der Waals surface area contributed by atoms with Crippen LogP contribution in [0.5, 0.6) is 5.75 Å². The molecule has 0 atom stereocenters. The number of hydrogen-bond donors (Lipinski definition) is 1. The summed E-state index contributed by atoms with van der Waals surface area (Å²) in [5.74, 6) is 0.00464. The third-order valence-corrected chi connectivity index (χ3v) is 4.58. The first-order valence-electron chi connectivity index (χ1n) is 9.11. The highest BCUT2D eigenvalue weighted by atomic mass is 16.5. The number of carbonyl (C=O) groups is 1. The molecule has 0 heterocycles. The van der Waals surface area contributed by atoms with E-state index in [0.29, 0.717) is 13.0 Å². The average Bonchev–Trinajstić information content (AvgIpc) is 2.66. The van der Waals surface area contributed by atoms with Gasteiger partial charge < -0.3 is 9.84 Å².